The Bertz CT molecular complexity index is 796. The van der Waals surface area contributed by atoms with Crippen molar-refractivity contribution in [2.24, 2.45) is 11.7 Å². The summed E-state index contributed by atoms with van der Waals surface area (Å²) in [7, 11) is 0. The largest absolute Gasteiger partial charge is 0.448 e. The number of nitrogens with one attached hydrogen (secondary N) is 1. The molecule has 136 valence electrons. The summed E-state index contributed by atoms with van der Waals surface area (Å²) in [5, 5.41) is 2.40. The number of rotatable bonds is 6. The van der Waals surface area contributed by atoms with Gasteiger partial charge in [0, 0.05) is 11.1 Å². The first-order valence-corrected chi connectivity index (χ1v) is 8.69. The smallest absolute Gasteiger partial charge is 0.341 e. The van der Waals surface area contributed by atoms with Gasteiger partial charge >= 0.3 is 12.0 Å². The molecule has 0 bridgehead atoms. The quantitative estimate of drug-likeness (QED) is 0.753. The van der Waals surface area contributed by atoms with E-state index < -0.39 is 24.0 Å². The Kier molecular flexibility index (Phi) is 6.74. The SMILES string of the molecule is CC(C)[C@@H](OC(=O)c1cccnc1Sc1ccccc1)C(=O)NC(N)=O. The zero-order chi connectivity index (χ0) is 19.1. The van der Waals surface area contributed by atoms with Crippen LogP contribution in [0.5, 0.6) is 0 Å². The predicted molar refractivity (Wildman–Crippen MR) is 96.6 cm³/mol. The number of nitrogens with two attached hydrogens (primary N) is 1. The minimum Gasteiger partial charge on any atom is -0.448 e. The maximum atomic E-state index is 12.6. The molecule has 1 atom stereocenters. The Morgan fingerprint density at radius 2 is 1.81 bits per heavy atom. The molecule has 1 aromatic heterocycles. The highest BCUT2D eigenvalue weighted by atomic mass is 32.2. The van der Waals surface area contributed by atoms with Gasteiger partial charge in [-0.05, 0) is 30.2 Å². The van der Waals surface area contributed by atoms with Gasteiger partial charge < -0.3 is 10.5 Å². The number of carbonyl (C=O) groups excluding carboxylic acids is 3. The number of nitrogens with zero attached hydrogens (tertiary/aromatic N) is 1. The van der Waals surface area contributed by atoms with Crippen LogP contribution in [-0.2, 0) is 9.53 Å². The van der Waals surface area contributed by atoms with Crippen LogP contribution in [-0.4, -0.2) is 29.0 Å². The molecule has 0 saturated heterocycles. The van der Waals surface area contributed by atoms with Crippen LogP contribution in [0.3, 0.4) is 0 Å². The summed E-state index contributed by atoms with van der Waals surface area (Å²) in [6.07, 6.45) is 0.423. The van der Waals surface area contributed by atoms with Crippen molar-refractivity contribution in [3.05, 3.63) is 54.2 Å². The van der Waals surface area contributed by atoms with Crippen molar-refractivity contribution in [3.63, 3.8) is 0 Å². The van der Waals surface area contributed by atoms with E-state index in [4.69, 9.17) is 10.5 Å². The van der Waals surface area contributed by atoms with Crippen LogP contribution in [0.2, 0.25) is 0 Å². The number of hydrogen-bond acceptors (Lipinski definition) is 6. The number of aromatic nitrogens is 1. The Morgan fingerprint density at radius 3 is 2.42 bits per heavy atom. The summed E-state index contributed by atoms with van der Waals surface area (Å²) in [6.45, 7) is 3.39. The van der Waals surface area contributed by atoms with Gasteiger partial charge in [-0.15, -0.1) is 0 Å². The molecule has 7 nitrogen and oxygen atoms in total. The molecule has 0 spiro atoms. The van der Waals surface area contributed by atoms with Crippen molar-refractivity contribution < 1.29 is 19.1 Å². The number of benzene rings is 1. The zero-order valence-corrected chi connectivity index (χ0v) is 15.2. The van der Waals surface area contributed by atoms with Crippen LogP contribution in [0, 0.1) is 5.92 Å². The Morgan fingerprint density at radius 1 is 1.12 bits per heavy atom. The lowest BCUT2D eigenvalue weighted by atomic mass is 10.1. The van der Waals surface area contributed by atoms with Gasteiger partial charge in [0.2, 0.25) is 0 Å². The number of amides is 3. The summed E-state index contributed by atoms with van der Waals surface area (Å²) >= 11 is 1.31. The molecule has 0 radical (unpaired) electrons. The van der Waals surface area contributed by atoms with Crippen molar-refractivity contribution in [2.75, 3.05) is 0 Å². The molecule has 2 aromatic rings. The highest BCUT2D eigenvalue weighted by molar-refractivity contribution is 7.99. The third-order valence-electron chi connectivity index (χ3n) is 3.29. The Balaban J connectivity index is 2.20. The van der Waals surface area contributed by atoms with E-state index in [1.54, 1.807) is 32.2 Å². The first-order chi connectivity index (χ1) is 12.4. The number of urea groups is 1. The highest BCUT2D eigenvalue weighted by Crippen LogP contribution is 2.29. The van der Waals surface area contributed by atoms with E-state index in [-0.39, 0.29) is 11.5 Å². The monoisotopic (exact) mass is 373 g/mol. The molecule has 3 amide bonds. The van der Waals surface area contributed by atoms with Crippen LogP contribution in [0.25, 0.3) is 0 Å². The molecular weight excluding hydrogens is 354 g/mol. The lowest BCUT2D eigenvalue weighted by molar-refractivity contribution is -0.130. The van der Waals surface area contributed by atoms with E-state index in [0.29, 0.717) is 5.03 Å². The maximum Gasteiger partial charge on any atom is 0.341 e. The minimum atomic E-state index is -1.15. The second-order valence-corrected chi connectivity index (χ2v) is 6.76. The van der Waals surface area contributed by atoms with Crippen molar-refractivity contribution >= 4 is 29.7 Å². The zero-order valence-electron chi connectivity index (χ0n) is 14.3. The molecule has 1 heterocycles. The number of carbonyl (C=O) groups is 3. The number of esters is 1. The molecule has 0 aliphatic carbocycles. The lowest BCUT2D eigenvalue weighted by Crippen LogP contribution is -2.45. The average molecular weight is 373 g/mol. The third-order valence-corrected chi connectivity index (χ3v) is 4.32. The molecule has 0 aliphatic heterocycles. The Hall–Kier alpha value is -2.87. The van der Waals surface area contributed by atoms with E-state index in [0.717, 1.165) is 4.90 Å². The van der Waals surface area contributed by atoms with Gasteiger partial charge in [0.15, 0.2) is 6.10 Å². The van der Waals surface area contributed by atoms with Crippen LogP contribution in [0.1, 0.15) is 24.2 Å². The number of pyridine rings is 1. The molecule has 0 unspecified atom stereocenters. The average Bonchev–Trinajstić information content (AvgIpc) is 2.60. The van der Waals surface area contributed by atoms with Crippen molar-refractivity contribution in [2.45, 2.75) is 29.9 Å². The fourth-order valence-electron chi connectivity index (χ4n) is 2.09. The minimum absolute atomic E-state index is 0.235. The van der Waals surface area contributed by atoms with Crippen LogP contribution in [0.4, 0.5) is 4.79 Å². The number of primary amides is 1. The predicted octanol–water partition coefficient (Wildman–Crippen LogP) is 2.61. The van der Waals surface area contributed by atoms with Gasteiger partial charge in [0.05, 0.1) is 5.56 Å². The first kappa shape index (κ1) is 19.5. The van der Waals surface area contributed by atoms with E-state index in [9.17, 15) is 14.4 Å². The fraction of sp³-hybridized carbons (Fsp3) is 0.222. The highest BCUT2D eigenvalue weighted by Gasteiger charge is 2.29. The summed E-state index contributed by atoms with van der Waals surface area (Å²) < 4.78 is 5.33. The molecule has 1 aromatic carbocycles. The molecule has 2 rings (SSSR count). The fourth-order valence-corrected chi connectivity index (χ4v) is 2.98. The van der Waals surface area contributed by atoms with Gasteiger partial charge in [0.25, 0.3) is 5.91 Å². The van der Waals surface area contributed by atoms with Crippen molar-refractivity contribution in [1.82, 2.24) is 10.3 Å². The van der Waals surface area contributed by atoms with Gasteiger partial charge in [0.1, 0.15) is 5.03 Å². The summed E-state index contributed by atoms with van der Waals surface area (Å²) in [5.41, 5.74) is 5.19. The second kappa shape index (κ2) is 9.00. The number of ether oxygens (including phenoxy) is 1. The van der Waals surface area contributed by atoms with E-state index >= 15 is 0 Å². The van der Waals surface area contributed by atoms with Crippen LogP contribution >= 0.6 is 11.8 Å². The summed E-state index contributed by atoms with van der Waals surface area (Å²) in [4.78, 5) is 40.6. The third kappa shape index (κ3) is 5.32. The lowest BCUT2D eigenvalue weighted by Gasteiger charge is -2.20. The maximum absolute atomic E-state index is 12.6. The van der Waals surface area contributed by atoms with E-state index in [1.807, 2.05) is 35.6 Å². The van der Waals surface area contributed by atoms with Gasteiger partial charge in [-0.25, -0.2) is 14.6 Å². The Labute approximate surface area is 155 Å². The van der Waals surface area contributed by atoms with Crippen molar-refractivity contribution in [1.29, 1.82) is 0 Å². The molecule has 3 N–H and O–H groups in total. The van der Waals surface area contributed by atoms with Crippen molar-refractivity contribution in [3.8, 4) is 0 Å². The van der Waals surface area contributed by atoms with Gasteiger partial charge in [-0.3, -0.25) is 10.1 Å². The van der Waals surface area contributed by atoms with Gasteiger partial charge in [-0.2, -0.15) is 0 Å². The summed E-state index contributed by atoms with van der Waals surface area (Å²) in [6, 6.07) is 11.6. The second-order valence-electron chi connectivity index (χ2n) is 5.69. The topological polar surface area (TPSA) is 111 Å². The van der Waals surface area contributed by atoms with E-state index in [1.165, 1.54) is 11.8 Å². The molecule has 0 saturated carbocycles. The molecule has 8 heteroatoms. The first-order valence-electron chi connectivity index (χ1n) is 7.87. The summed E-state index contributed by atoms with van der Waals surface area (Å²) in [5.74, 6) is -1.81. The molecule has 26 heavy (non-hydrogen) atoms. The molecule has 0 aliphatic rings. The van der Waals surface area contributed by atoms with Gasteiger partial charge in [-0.1, -0.05) is 43.8 Å². The number of hydrogen-bond donors (Lipinski definition) is 2. The molecular formula is C18H19N3O4S. The van der Waals surface area contributed by atoms with E-state index in [2.05, 4.69) is 4.98 Å². The van der Waals surface area contributed by atoms with Crippen LogP contribution < -0.4 is 11.1 Å². The van der Waals surface area contributed by atoms with Crippen LogP contribution in [0.15, 0.2) is 58.6 Å². The number of imide groups is 1. The molecule has 0 fully saturated rings. The normalized spacial score (nSPS) is 11.7. The standard InChI is InChI=1S/C18H19N3O4S/c1-11(2)14(15(22)21-18(19)24)25-17(23)13-9-6-10-20-16(13)26-12-7-4-3-5-8-12/h3-11,14H,1-2H3,(H3,19,21,22,24)/t14-/m1/s1.